The number of ether oxygens (including phenoxy) is 1. The normalized spacial score (nSPS) is 13.7. The van der Waals surface area contributed by atoms with Crippen molar-refractivity contribution in [1.29, 1.82) is 0 Å². The van der Waals surface area contributed by atoms with E-state index in [0.29, 0.717) is 12.6 Å². The predicted molar refractivity (Wildman–Crippen MR) is 85.5 cm³/mol. The number of nitrogens with zero attached hydrogens (tertiary/aromatic N) is 1. The Hall–Kier alpha value is -1.75. The summed E-state index contributed by atoms with van der Waals surface area (Å²) in [6.45, 7) is 1.97. The van der Waals surface area contributed by atoms with Crippen LogP contribution in [0.4, 0.5) is 11.4 Å². The lowest BCUT2D eigenvalue weighted by atomic mass is 10.2. The fourth-order valence-electron chi connectivity index (χ4n) is 2.56. The number of esters is 1. The second kappa shape index (κ2) is 7.88. The molecule has 5 heteroatoms. The molecule has 0 saturated carbocycles. The maximum absolute atomic E-state index is 11.0. The zero-order valence-electron chi connectivity index (χ0n) is 12.9. The predicted octanol–water partition coefficient (Wildman–Crippen LogP) is 2.52. The van der Waals surface area contributed by atoms with Crippen LogP contribution in [0.15, 0.2) is 24.3 Å². The topological polar surface area (TPSA) is 53.6 Å². The molecule has 21 heavy (non-hydrogen) atoms. The van der Waals surface area contributed by atoms with Crippen LogP contribution in [0, 0.1) is 0 Å². The molecule has 1 aromatic carbocycles. The number of nitrogens with one attached hydrogen (secondary N) is 2. The minimum Gasteiger partial charge on any atom is -0.469 e. The molecule has 0 atom stereocenters. The largest absolute Gasteiger partial charge is 0.469 e. The van der Waals surface area contributed by atoms with Crippen LogP contribution in [-0.2, 0) is 9.53 Å². The van der Waals surface area contributed by atoms with Crippen molar-refractivity contribution in [3.05, 3.63) is 24.3 Å². The summed E-state index contributed by atoms with van der Waals surface area (Å²) in [6, 6.07) is 8.29. The van der Waals surface area contributed by atoms with E-state index in [4.69, 9.17) is 0 Å². The molecule has 2 N–H and O–H groups in total. The first-order valence-electron chi connectivity index (χ1n) is 7.56. The van der Waals surface area contributed by atoms with Gasteiger partial charge in [0.25, 0.3) is 0 Å². The van der Waals surface area contributed by atoms with E-state index in [-0.39, 0.29) is 5.97 Å². The SMILES string of the molecule is COC(=O)CCCN(C)CCCC1Nc2ccccc2N1. The van der Waals surface area contributed by atoms with Gasteiger partial charge in [-0.15, -0.1) is 0 Å². The molecule has 5 nitrogen and oxygen atoms in total. The molecule has 0 amide bonds. The van der Waals surface area contributed by atoms with Crippen molar-refractivity contribution < 1.29 is 9.53 Å². The fourth-order valence-corrected chi connectivity index (χ4v) is 2.56. The summed E-state index contributed by atoms with van der Waals surface area (Å²) in [5, 5.41) is 6.97. The van der Waals surface area contributed by atoms with Crippen molar-refractivity contribution in [2.24, 2.45) is 0 Å². The van der Waals surface area contributed by atoms with Crippen molar-refractivity contribution in [2.75, 3.05) is 37.9 Å². The highest BCUT2D eigenvalue weighted by molar-refractivity contribution is 5.74. The Morgan fingerprint density at radius 1 is 1.19 bits per heavy atom. The molecule has 0 saturated heterocycles. The summed E-state index contributed by atoms with van der Waals surface area (Å²) in [5.74, 6) is -0.125. The van der Waals surface area contributed by atoms with Crippen LogP contribution in [0.3, 0.4) is 0 Å². The molecular formula is C16H25N3O2. The number of fused-ring (bicyclic) bond motifs is 1. The lowest BCUT2D eigenvalue weighted by Crippen LogP contribution is -2.26. The first-order valence-corrected chi connectivity index (χ1v) is 7.56. The Morgan fingerprint density at radius 2 is 1.81 bits per heavy atom. The Bertz CT molecular complexity index is 440. The molecule has 0 radical (unpaired) electrons. The molecule has 0 aromatic heterocycles. The third-order valence-electron chi connectivity index (χ3n) is 3.77. The standard InChI is InChI=1S/C16H25N3O2/c1-19(12-6-10-16(20)21-2)11-5-9-15-17-13-7-3-4-8-14(13)18-15/h3-4,7-8,15,17-18H,5-6,9-12H2,1-2H3. The average Bonchev–Trinajstić information content (AvgIpc) is 2.89. The van der Waals surface area contributed by atoms with E-state index in [1.807, 2.05) is 12.1 Å². The summed E-state index contributed by atoms with van der Waals surface area (Å²) < 4.78 is 4.64. The second-order valence-electron chi connectivity index (χ2n) is 5.51. The molecule has 0 fully saturated rings. The smallest absolute Gasteiger partial charge is 0.305 e. The van der Waals surface area contributed by atoms with Crippen LogP contribution in [-0.4, -0.2) is 44.3 Å². The Morgan fingerprint density at radius 3 is 2.43 bits per heavy atom. The van der Waals surface area contributed by atoms with Gasteiger partial charge in [-0.05, 0) is 51.5 Å². The van der Waals surface area contributed by atoms with E-state index >= 15 is 0 Å². The van der Waals surface area contributed by atoms with Crippen molar-refractivity contribution >= 4 is 17.3 Å². The zero-order valence-corrected chi connectivity index (χ0v) is 12.9. The summed E-state index contributed by atoms with van der Waals surface area (Å²) in [6.07, 6.45) is 3.88. The molecule has 0 aliphatic carbocycles. The van der Waals surface area contributed by atoms with E-state index < -0.39 is 0 Å². The van der Waals surface area contributed by atoms with Gasteiger partial charge in [-0.3, -0.25) is 4.79 Å². The van der Waals surface area contributed by atoms with Gasteiger partial charge in [-0.2, -0.15) is 0 Å². The summed E-state index contributed by atoms with van der Waals surface area (Å²) >= 11 is 0. The monoisotopic (exact) mass is 291 g/mol. The van der Waals surface area contributed by atoms with Gasteiger partial charge < -0.3 is 20.3 Å². The highest BCUT2D eigenvalue weighted by Gasteiger charge is 2.17. The van der Waals surface area contributed by atoms with E-state index in [1.54, 1.807) is 0 Å². The Balaban J connectivity index is 1.57. The lowest BCUT2D eigenvalue weighted by molar-refractivity contribution is -0.140. The molecule has 116 valence electrons. The van der Waals surface area contributed by atoms with Crippen LogP contribution in [0.5, 0.6) is 0 Å². The van der Waals surface area contributed by atoms with Crippen molar-refractivity contribution in [3.8, 4) is 0 Å². The van der Waals surface area contributed by atoms with Crippen molar-refractivity contribution in [1.82, 2.24) is 4.90 Å². The number of carbonyl (C=O) groups is 1. The molecular weight excluding hydrogens is 266 g/mol. The zero-order chi connectivity index (χ0) is 15.1. The Labute approximate surface area is 126 Å². The maximum Gasteiger partial charge on any atom is 0.305 e. The van der Waals surface area contributed by atoms with E-state index in [0.717, 1.165) is 32.4 Å². The number of hydrogen-bond acceptors (Lipinski definition) is 5. The average molecular weight is 291 g/mol. The van der Waals surface area contributed by atoms with E-state index in [1.165, 1.54) is 18.5 Å². The van der Waals surface area contributed by atoms with Crippen molar-refractivity contribution in [2.45, 2.75) is 31.8 Å². The summed E-state index contributed by atoms with van der Waals surface area (Å²) in [5.41, 5.74) is 2.38. The molecule has 1 heterocycles. The number of anilines is 2. The quantitative estimate of drug-likeness (QED) is 0.721. The van der Waals surface area contributed by atoms with Crippen LogP contribution in [0.1, 0.15) is 25.7 Å². The van der Waals surface area contributed by atoms with E-state index in [9.17, 15) is 4.79 Å². The van der Waals surface area contributed by atoms with Gasteiger partial charge in [0.1, 0.15) is 0 Å². The number of benzene rings is 1. The number of hydrogen-bond donors (Lipinski definition) is 2. The third kappa shape index (κ3) is 4.93. The number of carbonyl (C=O) groups excluding carboxylic acids is 1. The highest BCUT2D eigenvalue weighted by atomic mass is 16.5. The Kier molecular flexibility index (Phi) is 5.87. The molecule has 0 spiro atoms. The third-order valence-corrected chi connectivity index (χ3v) is 3.77. The van der Waals surface area contributed by atoms with Crippen LogP contribution in [0.2, 0.25) is 0 Å². The summed E-state index contributed by atoms with van der Waals surface area (Å²) in [7, 11) is 3.53. The lowest BCUT2D eigenvalue weighted by Gasteiger charge is -2.18. The van der Waals surface area contributed by atoms with Gasteiger partial charge in [-0.1, -0.05) is 12.1 Å². The van der Waals surface area contributed by atoms with Crippen LogP contribution in [0.25, 0.3) is 0 Å². The molecule has 1 aromatic rings. The minimum atomic E-state index is -0.125. The van der Waals surface area contributed by atoms with Gasteiger partial charge in [0.05, 0.1) is 24.7 Å². The molecule has 2 rings (SSSR count). The molecule has 0 bridgehead atoms. The number of para-hydroxylation sites is 2. The maximum atomic E-state index is 11.0. The van der Waals surface area contributed by atoms with Gasteiger partial charge in [0.15, 0.2) is 0 Å². The van der Waals surface area contributed by atoms with Crippen LogP contribution >= 0.6 is 0 Å². The molecule has 1 aliphatic rings. The van der Waals surface area contributed by atoms with Crippen molar-refractivity contribution in [3.63, 3.8) is 0 Å². The fraction of sp³-hybridized carbons (Fsp3) is 0.562. The van der Waals surface area contributed by atoms with Gasteiger partial charge >= 0.3 is 5.97 Å². The second-order valence-corrected chi connectivity index (χ2v) is 5.51. The van der Waals surface area contributed by atoms with E-state index in [2.05, 4.69) is 39.5 Å². The number of rotatable bonds is 8. The van der Waals surface area contributed by atoms with Gasteiger partial charge in [0.2, 0.25) is 0 Å². The summed E-state index contributed by atoms with van der Waals surface area (Å²) in [4.78, 5) is 13.3. The molecule has 1 aliphatic heterocycles. The first kappa shape index (κ1) is 15.6. The number of methoxy groups -OCH3 is 1. The highest BCUT2D eigenvalue weighted by Crippen LogP contribution is 2.29. The van der Waals surface area contributed by atoms with Crippen LogP contribution < -0.4 is 10.6 Å². The van der Waals surface area contributed by atoms with Gasteiger partial charge in [0, 0.05) is 6.42 Å². The first-order chi connectivity index (χ1) is 10.2. The molecule has 0 unspecified atom stereocenters. The minimum absolute atomic E-state index is 0.125. The van der Waals surface area contributed by atoms with Gasteiger partial charge in [-0.25, -0.2) is 0 Å².